The minimum Gasteiger partial charge on any atom is -0.388 e. The van der Waals surface area contributed by atoms with E-state index < -0.39 is 0 Å². The highest BCUT2D eigenvalue weighted by atomic mass is 15.1. The second-order valence-electron chi connectivity index (χ2n) is 6.64. The first kappa shape index (κ1) is 25.0. The van der Waals surface area contributed by atoms with Crippen LogP contribution in [0.1, 0.15) is 60.6 Å². The third-order valence-corrected chi connectivity index (χ3v) is 4.15. The van der Waals surface area contributed by atoms with Gasteiger partial charge in [-0.25, -0.2) is 9.97 Å². The number of rotatable bonds is 5. The Morgan fingerprint density at radius 1 is 1.10 bits per heavy atom. The highest BCUT2D eigenvalue weighted by Gasteiger charge is 2.10. The summed E-state index contributed by atoms with van der Waals surface area (Å²) < 4.78 is 2.06. The summed E-state index contributed by atoms with van der Waals surface area (Å²) in [6, 6.07) is 8.06. The minimum absolute atomic E-state index is 0.734. The van der Waals surface area contributed by atoms with Crippen LogP contribution in [0.2, 0.25) is 0 Å². The highest BCUT2D eigenvalue weighted by molar-refractivity contribution is 5.75. The molecular formula is C25H37N5. The number of allylic oxidation sites excluding steroid dienone is 4. The van der Waals surface area contributed by atoms with Gasteiger partial charge in [0, 0.05) is 30.8 Å². The molecule has 0 saturated carbocycles. The average molecular weight is 408 g/mol. The van der Waals surface area contributed by atoms with E-state index in [0.29, 0.717) is 0 Å². The fraction of sp³-hybridized carbons (Fsp3) is 0.360. The van der Waals surface area contributed by atoms with E-state index in [1.807, 2.05) is 64.5 Å². The molecule has 0 fully saturated rings. The third-order valence-electron chi connectivity index (χ3n) is 4.15. The summed E-state index contributed by atoms with van der Waals surface area (Å²) in [5.41, 5.74) is 6.26. The van der Waals surface area contributed by atoms with Crippen molar-refractivity contribution in [2.75, 3.05) is 17.7 Å². The maximum Gasteiger partial charge on any atom is 0.180 e. The van der Waals surface area contributed by atoms with Gasteiger partial charge in [-0.3, -0.25) is 4.40 Å². The van der Waals surface area contributed by atoms with Crippen LogP contribution in [0.4, 0.5) is 17.2 Å². The van der Waals surface area contributed by atoms with Crippen LogP contribution < -0.4 is 10.6 Å². The van der Waals surface area contributed by atoms with Crippen molar-refractivity contribution in [1.29, 1.82) is 0 Å². The van der Waals surface area contributed by atoms with Gasteiger partial charge in [0.05, 0.1) is 11.9 Å². The molecule has 0 aliphatic carbocycles. The lowest BCUT2D eigenvalue weighted by Crippen LogP contribution is -1.99. The molecule has 0 aliphatic rings. The van der Waals surface area contributed by atoms with Crippen molar-refractivity contribution in [2.24, 2.45) is 0 Å². The molecule has 0 bridgehead atoms. The lowest BCUT2D eigenvalue weighted by atomic mass is 10.1. The molecule has 2 N–H and O–H groups in total. The Balaban J connectivity index is 0.000000826. The Morgan fingerprint density at radius 3 is 2.40 bits per heavy atom. The van der Waals surface area contributed by atoms with E-state index in [-0.39, 0.29) is 0 Å². The number of aromatic nitrogens is 3. The topological polar surface area (TPSA) is 54.2 Å². The SMILES string of the molecule is C/C=C(C)\C=C(/C)c1cnc2c(Nc3cccc(NC)c3)nccn12.CC.CCC. The van der Waals surface area contributed by atoms with Gasteiger partial charge in [-0.15, -0.1) is 0 Å². The summed E-state index contributed by atoms with van der Waals surface area (Å²) in [5.74, 6) is 0.734. The maximum atomic E-state index is 4.57. The number of hydrogen-bond donors (Lipinski definition) is 2. The zero-order valence-corrected chi connectivity index (χ0v) is 19.7. The first-order valence-corrected chi connectivity index (χ1v) is 10.7. The molecule has 0 unspecified atom stereocenters. The summed E-state index contributed by atoms with van der Waals surface area (Å²) >= 11 is 0. The molecule has 0 aliphatic heterocycles. The normalized spacial score (nSPS) is 11.2. The fourth-order valence-corrected chi connectivity index (χ4v) is 2.69. The molecule has 1 aromatic carbocycles. The minimum atomic E-state index is 0.734. The van der Waals surface area contributed by atoms with Gasteiger partial charge in [0.15, 0.2) is 11.5 Å². The summed E-state index contributed by atoms with van der Waals surface area (Å²) in [4.78, 5) is 9.04. The lowest BCUT2D eigenvalue weighted by Gasteiger charge is -2.09. The second-order valence-corrected chi connectivity index (χ2v) is 6.64. The standard InChI is InChI=1S/C20H23N5.C3H8.C2H6/c1-5-14(2)11-15(3)18-13-23-20-19(22-9-10-25(18)20)24-17-8-6-7-16(12-17)21-4;1-3-2;1-2/h5-13,21H,1-4H3,(H,22,24);3H2,1-2H3;1-2H3/b14-5-,15-11+;;. The molecule has 0 radical (unpaired) electrons. The van der Waals surface area contributed by atoms with Gasteiger partial charge in [-0.05, 0) is 44.5 Å². The lowest BCUT2D eigenvalue weighted by molar-refractivity contribution is 1.09. The Kier molecular flexibility index (Phi) is 11.0. The first-order valence-electron chi connectivity index (χ1n) is 10.7. The number of imidazole rings is 1. The predicted molar refractivity (Wildman–Crippen MR) is 133 cm³/mol. The van der Waals surface area contributed by atoms with Gasteiger partial charge in [0.2, 0.25) is 0 Å². The van der Waals surface area contributed by atoms with E-state index in [1.165, 1.54) is 12.0 Å². The van der Waals surface area contributed by atoms with Crippen LogP contribution >= 0.6 is 0 Å². The van der Waals surface area contributed by atoms with Crippen molar-refractivity contribution >= 4 is 28.4 Å². The van der Waals surface area contributed by atoms with E-state index in [9.17, 15) is 0 Å². The summed E-state index contributed by atoms with van der Waals surface area (Å²) in [6.45, 7) is 14.5. The fourth-order valence-electron chi connectivity index (χ4n) is 2.69. The van der Waals surface area contributed by atoms with Gasteiger partial charge >= 0.3 is 0 Å². The molecule has 2 heterocycles. The zero-order chi connectivity index (χ0) is 22.5. The van der Waals surface area contributed by atoms with Gasteiger partial charge in [-0.1, -0.05) is 57.9 Å². The number of nitrogens with one attached hydrogen (secondary N) is 2. The van der Waals surface area contributed by atoms with Crippen molar-refractivity contribution in [3.8, 4) is 0 Å². The molecule has 5 heteroatoms. The van der Waals surface area contributed by atoms with E-state index in [4.69, 9.17) is 0 Å². The molecule has 0 amide bonds. The molecule has 3 aromatic rings. The van der Waals surface area contributed by atoms with Gasteiger partial charge in [0.1, 0.15) is 0 Å². The van der Waals surface area contributed by atoms with Crippen molar-refractivity contribution in [2.45, 2.75) is 54.9 Å². The van der Waals surface area contributed by atoms with Crippen LogP contribution in [-0.4, -0.2) is 21.4 Å². The molecule has 0 saturated heterocycles. The number of benzene rings is 1. The zero-order valence-electron chi connectivity index (χ0n) is 19.7. The van der Waals surface area contributed by atoms with Crippen molar-refractivity contribution in [3.05, 3.63) is 66.3 Å². The summed E-state index contributed by atoms with van der Waals surface area (Å²) in [5, 5.41) is 6.50. The van der Waals surface area contributed by atoms with E-state index >= 15 is 0 Å². The van der Waals surface area contributed by atoms with Crippen LogP contribution in [0.5, 0.6) is 0 Å². The highest BCUT2D eigenvalue weighted by Crippen LogP contribution is 2.24. The van der Waals surface area contributed by atoms with Crippen molar-refractivity contribution < 1.29 is 0 Å². The van der Waals surface area contributed by atoms with E-state index in [1.54, 1.807) is 6.20 Å². The quantitative estimate of drug-likeness (QED) is 0.435. The number of fused-ring (bicyclic) bond motifs is 1. The Hall–Kier alpha value is -3.08. The van der Waals surface area contributed by atoms with Crippen molar-refractivity contribution in [3.63, 3.8) is 0 Å². The van der Waals surface area contributed by atoms with Gasteiger partial charge < -0.3 is 10.6 Å². The number of nitrogens with zero attached hydrogens (tertiary/aromatic N) is 3. The molecule has 0 spiro atoms. The summed E-state index contributed by atoms with van der Waals surface area (Å²) in [7, 11) is 1.90. The van der Waals surface area contributed by atoms with Crippen molar-refractivity contribution in [1.82, 2.24) is 14.4 Å². The smallest absolute Gasteiger partial charge is 0.180 e. The molecule has 2 aromatic heterocycles. The van der Waals surface area contributed by atoms with Crippen LogP contribution in [0.25, 0.3) is 11.2 Å². The Labute approximate surface area is 182 Å². The number of hydrogen-bond acceptors (Lipinski definition) is 4. The van der Waals surface area contributed by atoms with E-state index in [0.717, 1.165) is 34.1 Å². The van der Waals surface area contributed by atoms with Gasteiger partial charge in [-0.2, -0.15) is 0 Å². The molecular weight excluding hydrogens is 370 g/mol. The Morgan fingerprint density at radius 2 is 1.77 bits per heavy atom. The molecule has 3 rings (SSSR count). The largest absolute Gasteiger partial charge is 0.388 e. The second kappa shape index (κ2) is 13.2. The molecule has 0 atom stereocenters. The predicted octanol–water partition coefficient (Wildman–Crippen LogP) is 7.33. The molecule has 162 valence electrons. The third kappa shape index (κ3) is 6.76. The van der Waals surface area contributed by atoms with Crippen LogP contribution in [0.3, 0.4) is 0 Å². The maximum absolute atomic E-state index is 4.57. The first-order chi connectivity index (χ1) is 14.5. The van der Waals surface area contributed by atoms with Crippen LogP contribution in [0.15, 0.2) is 60.6 Å². The van der Waals surface area contributed by atoms with Crippen LogP contribution in [0, 0.1) is 0 Å². The van der Waals surface area contributed by atoms with E-state index in [2.05, 4.69) is 64.8 Å². The average Bonchev–Trinajstić information content (AvgIpc) is 3.21. The summed E-state index contributed by atoms with van der Waals surface area (Å²) in [6.07, 6.45) is 11.1. The Bertz CT molecular complexity index is 967. The van der Waals surface area contributed by atoms with Gasteiger partial charge in [0.25, 0.3) is 0 Å². The molecule has 30 heavy (non-hydrogen) atoms. The monoisotopic (exact) mass is 407 g/mol. The molecule has 5 nitrogen and oxygen atoms in total. The number of anilines is 3. The van der Waals surface area contributed by atoms with Crippen LogP contribution in [-0.2, 0) is 0 Å².